The van der Waals surface area contributed by atoms with E-state index in [4.69, 9.17) is 17.2 Å². The van der Waals surface area contributed by atoms with Crippen LogP contribution < -0.4 is 49.1 Å². The molecule has 0 bridgehead atoms. The number of aliphatic imine (C=N–C) groups is 1. The predicted molar refractivity (Wildman–Crippen MR) is 250 cm³/mol. The standard InChI is InChI=1S/C45H62N10O10S/c1-4-25(2)38(55-42(62)37(24-66)49-26(3)56)43(63)53-35(22-28-10-16-31(57)17-11-28)40(60)51-33(7-5-6-20-46)39(59)52-34(21-27-8-14-30(15-9-27)50-45(47)48)41(61)54-36(44(64)65)23-29-12-18-32(58)19-13-29/h8-19,25,33-38,57-58,66H,4-7,20-24,46H2,1-3H3,(H,49,56)(H,51,60)(H,52,59)(H,53,63)(H,54,61)(H,55,62)(H,64,65)(H4,47,48,50)/t25-,33-,34-,35-,36-,37-,38-/m0/s1. The van der Waals surface area contributed by atoms with Crippen LogP contribution in [0.15, 0.2) is 77.8 Å². The third kappa shape index (κ3) is 18.0. The Labute approximate surface area is 388 Å². The zero-order valence-electron chi connectivity index (χ0n) is 37.2. The van der Waals surface area contributed by atoms with Gasteiger partial charge in [0.05, 0.1) is 5.69 Å². The second kappa shape index (κ2) is 26.8. The van der Waals surface area contributed by atoms with Crippen molar-refractivity contribution in [2.75, 3.05) is 12.3 Å². The first-order valence-corrected chi connectivity index (χ1v) is 22.0. The Balaban J connectivity index is 1.99. The molecule has 21 heteroatoms. The first kappa shape index (κ1) is 53.5. The minimum absolute atomic E-state index is 0.0351. The van der Waals surface area contributed by atoms with Gasteiger partial charge in [-0.05, 0) is 84.8 Å². The largest absolute Gasteiger partial charge is 0.508 e. The summed E-state index contributed by atoms with van der Waals surface area (Å²) in [6.07, 6.45) is 0.846. The molecule has 15 N–H and O–H groups in total. The van der Waals surface area contributed by atoms with Gasteiger partial charge in [-0.25, -0.2) is 9.79 Å². The van der Waals surface area contributed by atoms with E-state index in [0.717, 1.165) is 0 Å². The Morgan fingerprint density at radius 3 is 1.47 bits per heavy atom. The van der Waals surface area contributed by atoms with Gasteiger partial charge in [-0.15, -0.1) is 0 Å². The molecule has 0 aliphatic rings. The van der Waals surface area contributed by atoms with Crippen molar-refractivity contribution in [1.29, 1.82) is 0 Å². The van der Waals surface area contributed by atoms with Crippen molar-refractivity contribution in [1.82, 2.24) is 31.9 Å². The number of rotatable bonds is 26. The highest BCUT2D eigenvalue weighted by Gasteiger charge is 2.35. The van der Waals surface area contributed by atoms with Crippen LogP contribution in [0.1, 0.15) is 63.1 Å². The van der Waals surface area contributed by atoms with Gasteiger partial charge < -0.3 is 64.4 Å². The average molecular weight is 935 g/mol. The van der Waals surface area contributed by atoms with Gasteiger partial charge in [0.15, 0.2) is 5.96 Å². The molecule has 0 aliphatic heterocycles. The second-order valence-electron chi connectivity index (χ2n) is 15.8. The lowest BCUT2D eigenvalue weighted by Crippen LogP contribution is -2.61. The number of aromatic hydroxyl groups is 2. The molecule has 0 fully saturated rings. The molecule has 0 spiro atoms. The fourth-order valence-electron chi connectivity index (χ4n) is 6.68. The fourth-order valence-corrected chi connectivity index (χ4v) is 6.94. The summed E-state index contributed by atoms with van der Waals surface area (Å²) >= 11 is 4.16. The minimum Gasteiger partial charge on any atom is -0.508 e. The molecule has 20 nitrogen and oxygen atoms in total. The number of phenols is 2. The van der Waals surface area contributed by atoms with Crippen LogP contribution in [0.25, 0.3) is 0 Å². The van der Waals surface area contributed by atoms with Crippen molar-refractivity contribution in [2.45, 2.75) is 102 Å². The molecule has 358 valence electrons. The number of carboxylic acids is 1. The molecule has 0 heterocycles. The molecule has 3 aromatic rings. The van der Waals surface area contributed by atoms with E-state index < -0.39 is 83.6 Å². The smallest absolute Gasteiger partial charge is 0.326 e. The Bertz CT molecular complexity index is 2140. The number of guanidine groups is 1. The Morgan fingerprint density at radius 2 is 1.03 bits per heavy atom. The zero-order valence-corrected chi connectivity index (χ0v) is 38.1. The van der Waals surface area contributed by atoms with E-state index in [-0.39, 0.29) is 55.4 Å². The van der Waals surface area contributed by atoms with Crippen molar-refractivity contribution in [2.24, 2.45) is 28.1 Å². The summed E-state index contributed by atoms with van der Waals surface area (Å²) in [4.78, 5) is 98.2. The summed E-state index contributed by atoms with van der Waals surface area (Å²) in [6.45, 7) is 5.03. The number of carbonyl (C=O) groups excluding carboxylic acids is 6. The summed E-state index contributed by atoms with van der Waals surface area (Å²) in [7, 11) is 0. The van der Waals surface area contributed by atoms with Crippen molar-refractivity contribution >= 4 is 65.7 Å². The molecule has 3 rings (SSSR count). The number of nitrogens with two attached hydrogens (primary N) is 3. The Hall–Kier alpha value is -6.87. The summed E-state index contributed by atoms with van der Waals surface area (Å²) < 4.78 is 0. The van der Waals surface area contributed by atoms with Gasteiger partial charge >= 0.3 is 5.97 Å². The van der Waals surface area contributed by atoms with Crippen LogP contribution in [0.5, 0.6) is 11.5 Å². The highest BCUT2D eigenvalue weighted by molar-refractivity contribution is 7.80. The number of nitrogens with one attached hydrogen (secondary N) is 6. The Kier molecular flexibility index (Phi) is 21.7. The number of nitrogens with zero attached hydrogens (tertiary/aromatic N) is 1. The first-order chi connectivity index (χ1) is 31.3. The van der Waals surface area contributed by atoms with E-state index in [1.807, 2.05) is 0 Å². The maximum Gasteiger partial charge on any atom is 0.326 e. The van der Waals surface area contributed by atoms with Gasteiger partial charge in [-0.3, -0.25) is 28.8 Å². The summed E-state index contributed by atoms with van der Waals surface area (Å²) in [5.41, 5.74) is 18.7. The normalized spacial score (nSPS) is 14.1. The second-order valence-corrected chi connectivity index (χ2v) is 16.2. The molecule has 66 heavy (non-hydrogen) atoms. The average Bonchev–Trinajstić information content (AvgIpc) is 3.27. The molecule has 3 aromatic carbocycles. The maximum atomic E-state index is 14.4. The van der Waals surface area contributed by atoms with Crippen LogP contribution in [0, 0.1) is 5.92 Å². The number of amides is 6. The van der Waals surface area contributed by atoms with Gasteiger partial charge in [0.2, 0.25) is 35.4 Å². The van der Waals surface area contributed by atoms with Crippen LogP contribution in [0.4, 0.5) is 5.69 Å². The van der Waals surface area contributed by atoms with Crippen molar-refractivity contribution in [3.05, 3.63) is 89.5 Å². The number of unbranched alkanes of at least 4 members (excludes halogenated alkanes) is 1. The summed E-state index contributed by atoms with van der Waals surface area (Å²) in [5.74, 6) is -6.49. The molecular weight excluding hydrogens is 873 g/mol. The van der Waals surface area contributed by atoms with E-state index >= 15 is 0 Å². The topological polar surface area (TPSA) is 343 Å². The quantitative estimate of drug-likeness (QED) is 0.0221. The van der Waals surface area contributed by atoms with Gasteiger partial charge in [0.1, 0.15) is 47.8 Å². The van der Waals surface area contributed by atoms with Crippen LogP contribution in [0.2, 0.25) is 0 Å². The molecule has 0 saturated carbocycles. The number of benzene rings is 3. The van der Waals surface area contributed by atoms with Crippen LogP contribution >= 0.6 is 12.6 Å². The van der Waals surface area contributed by atoms with E-state index in [1.165, 1.54) is 43.3 Å². The molecule has 0 saturated heterocycles. The van der Waals surface area contributed by atoms with Crippen molar-refractivity contribution in [3.63, 3.8) is 0 Å². The maximum absolute atomic E-state index is 14.4. The predicted octanol–water partition coefficient (Wildman–Crippen LogP) is 0.149. The van der Waals surface area contributed by atoms with Gasteiger partial charge in [-0.2, -0.15) is 12.6 Å². The molecule has 0 aliphatic carbocycles. The summed E-state index contributed by atoms with van der Waals surface area (Å²) in [6, 6.07) is 10.3. The van der Waals surface area contributed by atoms with E-state index in [2.05, 4.69) is 49.5 Å². The third-order valence-electron chi connectivity index (χ3n) is 10.5. The molecular formula is C45H62N10O10S. The molecule has 7 atom stereocenters. The highest BCUT2D eigenvalue weighted by Crippen LogP contribution is 2.17. The van der Waals surface area contributed by atoms with Gasteiger partial charge in [0.25, 0.3) is 0 Å². The zero-order chi connectivity index (χ0) is 48.9. The van der Waals surface area contributed by atoms with E-state index in [1.54, 1.807) is 50.2 Å². The highest BCUT2D eigenvalue weighted by atomic mass is 32.1. The molecule has 0 aromatic heterocycles. The molecule has 0 radical (unpaired) electrons. The number of aliphatic carboxylic acids is 1. The third-order valence-corrected chi connectivity index (χ3v) is 10.9. The summed E-state index contributed by atoms with van der Waals surface area (Å²) in [5, 5.41) is 45.6. The van der Waals surface area contributed by atoms with Crippen molar-refractivity contribution < 1.29 is 48.9 Å². The van der Waals surface area contributed by atoms with Gasteiger partial charge in [0, 0.05) is 31.9 Å². The lowest BCUT2D eigenvalue weighted by atomic mass is 9.96. The number of phenolic OH excluding ortho intramolecular Hbond substituents is 2. The van der Waals surface area contributed by atoms with Crippen molar-refractivity contribution in [3.8, 4) is 11.5 Å². The fraction of sp³-hybridized carbons (Fsp3) is 0.422. The van der Waals surface area contributed by atoms with Crippen LogP contribution in [0.3, 0.4) is 0 Å². The SMILES string of the molecule is CC[C@H](C)[C@H](NC(=O)[C@H](CS)NC(C)=O)C(=O)N[C@@H](Cc1ccc(O)cc1)C(=O)N[C@@H](CCCCN)C(=O)N[C@@H](Cc1ccc(N=C(N)N)cc1)C(=O)N[C@@H](Cc1ccc(O)cc1)C(=O)O. The number of hydrogen-bond acceptors (Lipinski definition) is 12. The number of carbonyl (C=O) groups is 7. The lowest BCUT2D eigenvalue weighted by Gasteiger charge is -2.29. The van der Waals surface area contributed by atoms with E-state index in [9.17, 15) is 48.9 Å². The number of carboxylic acid groups (broad SMARTS) is 1. The number of thiol groups is 1. The lowest BCUT2D eigenvalue weighted by molar-refractivity contribution is -0.142. The minimum atomic E-state index is -1.45. The number of hydrogen-bond donors (Lipinski definition) is 13. The van der Waals surface area contributed by atoms with E-state index in [0.29, 0.717) is 41.6 Å². The van der Waals surface area contributed by atoms with Gasteiger partial charge in [-0.1, -0.05) is 56.7 Å². The monoisotopic (exact) mass is 934 g/mol. The first-order valence-electron chi connectivity index (χ1n) is 21.4. The molecule has 6 amide bonds. The van der Waals surface area contributed by atoms with Crippen LogP contribution in [-0.2, 0) is 52.8 Å². The van der Waals surface area contributed by atoms with Crippen LogP contribution in [-0.4, -0.2) is 111 Å². The molecule has 0 unspecified atom stereocenters. The Morgan fingerprint density at radius 1 is 0.606 bits per heavy atom.